The molecule has 1 amide bonds. The Balaban J connectivity index is 1.63. The van der Waals surface area contributed by atoms with Gasteiger partial charge in [0.25, 0.3) is 10.7 Å². The van der Waals surface area contributed by atoms with Crippen molar-refractivity contribution in [1.29, 1.82) is 0 Å². The third-order valence-electron chi connectivity index (χ3n) is 3.59. The molecule has 0 aliphatic rings. The van der Waals surface area contributed by atoms with Gasteiger partial charge >= 0.3 is 0 Å². The topological polar surface area (TPSA) is 69.3 Å². The van der Waals surface area contributed by atoms with Crippen LogP contribution < -0.4 is 10.1 Å². The fourth-order valence-electron chi connectivity index (χ4n) is 2.24. The van der Waals surface area contributed by atoms with E-state index in [1.165, 1.54) is 16.8 Å². The summed E-state index contributed by atoms with van der Waals surface area (Å²) in [5.74, 6) is 0.149. The number of nitrogens with one attached hydrogen (secondary N) is 1. The van der Waals surface area contributed by atoms with Gasteiger partial charge < -0.3 is 14.5 Å². The predicted octanol–water partition coefficient (Wildman–Crippen LogP) is 3.87. The summed E-state index contributed by atoms with van der Waals surface area (Å²) in [7, 11) is 0. The largest absolute Gasteiger partial charge is 0.484 e. The number of aromatic nitrogens is 2. The number of hydrogen-bond acceptors (Lipinski definition) is 5. The lowest BCUT2D eigenvalue weighted by atomic mass is 10.2. The summed E-state index contributed by atoms with van der Waals surface area (Å²) in [4.78, 5) is 12.2. The minimum atomic E-state index is -0.390. The molecule has 134 valence electrons. The van der Waals surface area contributed by atoms with Gasteiger partial charge in [-0.2, -0.15) is 0 Å². The number of hydrogen-bond donors (Lipinski definition) is 1. The molecule has 3 aromatic rings. The van der Waals surface area contributed by atoms with Gasteiger partial charge in [-0.15, -0.1) is 5.10 Å². The molecule has 0 radical (unpaired) electrons. The summed E-state index contributed by atoms with van der Waals surface area (Å²) >= 11 is 5.07. The van der Waals surface area contributed by atoms with Crippen LogP contribution in [-0.4, -0.2) is 15.7 Å². The molecule has 6 nitrogen and oxygen atoms in total. The second-order valence-corrected chi connectivity index (χ2v) is 5.83. The third kappa shape index (κ3) is 4.34. The van der Waals surface area contributed by atoms with E-state index < -0.39 is 5.91 Å². The molecule has 2 aromatic carbocycles. The molecule has 0 saturated heterocycles. The smallest absolute Gasteiger partial charge is 0.287 e. The van der Waals surface area contributed by atoms with Crippen molar-refractivity contribution in [2.75, 3.05) is 5.32 Å². The van der Waals surface area contributed by atoms with Gasteiger partial charge in [0.2, 0.25) is 5.91 Å². The third-order valence-corrected chi connectivity index (χ3v) is 3.88. The molecule has 0 spiro atoms. The SMILES string of the molecule is Cc1c(F)cccc1NC(=O)Cn1nc(COc2ccccc2)oc1=S. The first-order valence-corrected chi connectivity index (χ1v) is 8.23. The van der Waals surface area contributed by atoms with E-state index in [9.17, 15) is 9.18 Å². The normalized spacial score (nSPS) is 10.5. The number of ether oxygens (including phenoxy) is 1. The van der Waals surface area contributed by atoms with Gasteiger partial charge in [0.15, 0.2) is 6.61 Å². The zero-order valence-corrected chi connectivity index (χ0v) is 14.8. The van der Waals surface area contributed by atoms with Gasteiger partial charge in [0.05, 0.1) is 0 Å². The Morgan fingerprint density at radius 2 is 2.04 bits per heavy atom. The number of benzene rings is 2. The quantitative estimate of drug-likeness (QED) is 0.664. The lowest BCUT2D eigenvalue weighted by molar-refractivity contribution is -0.117. The number of carbonyl (C=O) groups excluding carboxylic acids is 1. The molecule has 1 aromatic heterocycles. The molecule has 1 heterocycles. The Bertz CT molecular complexity index is 969. The van der Waals surface area contributed by atoms with Crippen molar-refractivity contribution in [3.63, 3.8) is 0 Å². The van der Waals surface area contributed by atoms with Crippen molar-refractivity contribution in [2.45, 2.75) is 20.1 Å². The van der Waals surface area contributed by atoms with Gasteiger partial charge in [-0.1, -0.05) is 24.3 Å². The highest BCUT2D eigenvalue weighted by atomic mass is 32.1. The van der Waals surface area contributed by atoms with Gasteiger partial charge in [0.1, 0.15) is 18.1 Å². The number of nitrogens with zero attached hydrogens (tertiary/aromatic N) is 2. The number of carbonyl (C=O) groups is 1. The molecule has 0 aliphatic heterocycles. The summed E-state index contributed by atoms with van der Waals surface area (Å²) in [5.41, 5.74) is 0.763. The monoisotopic (exact) mass is 373 g/mol. The first kappa shape index (κ1) is 17.8. The van der Waals surface area contributed by atoms with E-state index in [-0.39, 0.29) is 29.7 Å². The summed E-state index contributed by atoms with van der Waals surface area (Å²) in [6.45, 7) is 1.53. The minimum absolute atomic E-state index is 0.0581. The van der Waals surface area contributed by atoms with Crippen LogP contribution in [0.2, 0.25) is 0 Å². The first-order valence-electron chi connectivity index (χ1n) is 7.82. The summed E-state index contributed by atoms with van der Waals surface area (Å²) in [6, 6.07) is 13.7. The summed E-state index contributed by atoms with van der Waals surface area (Å²) < 4.78 is 25.7. The highest BCUT2D eigenvalue weighted by Crippen LogP contribution is 2.17. The van der Waals surface area contributed by atoms with E-state index in [1.807, 2.05) is 18.2 Å². The second-order valence-electron chi connectivity index (χ2n) is 5.48. The van der Waals surface area contributed by atoms with E-state index >= 15 is 0 Å². The average Bonchev–Trinajstić information content (AvgIpc) is 2.97. The molecule has 0 unspecified atom stereocenters. The lowest BCUT2D eigenvalue weighted by Gasteiger charge is -2.08. The lowest BCUT2D eigenvalue weighted by Crippen LogP contribution is -2.20. The van der Waals surface area contributed by atoms with Crippen molar-refractivity contribution < 1.29 is 18.3 Å². The van der Waals surface area contributed by atoms with Gasteiger partial charge in [-0.25, -0.2) is 9.07 Å². The van der Waals surface area contributed by atoms with Crippen LogP contribution in [0.5, 0.6) is 5.75 Å². The second kappa shape index (κ2) is 7.92. The molecule has 0 atom stereocenters. The van der Waals surface area contributed by atoms with Gasteiger partial charge in [-0.05, 0) is 43.4 Å². The standard InChI is InChI=1S/C18H16FN3O3S/c1-12-14(19)8-5-9-15(12)20-16(23)10-22-18(26)25-17(21-22)11-24-13-6-3-2-4-7-13/h2-9H,10-11H2,1H3,(H,20,23). The maximum Gasteiger partial charge on any atom is 0.287 e. The van der Waals surface area contributed by atoms with Gasteiger partial charge in [0, 0.05) is 11.3 Å². The van der Waals surface area contributed by atoms with E-state index in [0.29, 0.717) is 17.0 Å². The summed E-state index contributed by atoms with van der Waals surface area (Å²) in [6.07, 6.45) is 0. The number of rotatable bonds is 6. The molecule has 0 fully saturated rings. The maximum atomic E-state index is 13.5. The van der Waals surface area contributed by atoms with E-state index in [1.54, 1.807) is 25.1 Å². The molecular weight excluding hydrogens is 357 g/mol. The van der Waals surface area contributed by atoms with Crippen LogP contribution in [0.4, 0.5) is 10.1 Å². The van der Waals surface area contributed by atoms with E-state index in [2.05, 4.69) is 10.4 Å². The van der Waals surface area contributed by atoms with Crippen LogP contribution in [0.3, 0.4) is 0 Å². The van der Waals surface area contributed by atoms with Gasteiger partial charge in [-0.3, -0.25) is 4.79 Å². The highest BCUT2D eigenvalue weighted by Gasteiger charge is 2.12. The number of anilines is 1. The van der Waals surface area contributed by atoms with Crippen molar-refractivity contribution in [3.05, 3.63) is 70.6 Å². The Hall–Kier alpha value is -3.00. The maximum absolute atomic E-state index is 13.5. The Morgan fingerprint density at radius 3 is 2.81 bits per heavy atom. The Labute approximate surface area is 154 Å². The molecule has 1 N–H and O–H groups in total. The van der Waals surface area contributed by atoms with Crippen molar-refractivity contribution >= 4 is 23.8 Å². The number of halogens is 1. The van der Waals surface area contributed by atoms with E-state index in [0.717, 1.165) is 0 Å². The van der Waals surface area contributed by atoms with Crippen LogP contribution in [0, 0.1) is 17.6 Å². The van der Waals surface area contributed by atoms with Crippen LogP contribution >= 0.6 is 12.2 Å². The molecule has 0 bridgehead atoms. The van der Waals surface area contributed by atoms with Crippen LogP contribution in [-0.2, 0) is 17.9 Å². The molecule has 0 saturated carbocycles. The number of para-hydroxylation sites is 1. The molecular formula is C18H16FN3O3S. The Kier molecular flexibility index (Phi) is 5.43. The number of amides is 1. The zero-order chi connectivity index (χ0) is 18.5. The van der Waals surface area contributed by atoms with Crippen LogP contribution in [0.25, 0.3) is 0 Å². The highest BCUT2D eigenvalue weighted by molar-refractivity contribution is 7.71. The average molecular weight is 373 g/mol. The molecule has 3 rings (SSSR count). The van der Waals surface area contributed by atoms with Crippen molar-refractivity contribution in [1.82, 2.24) is 9.78 Å². The minimum Gasteiger partial charge on any atom is -0.484 e. The molecule has 0 aliphatic carbocycles. The van der Waals surface area contributed by atoms with Crippen LogP contribution in [0.15, 0.2) is 52.9 Å². The molecule has 26 heavy (non-hydrogen) atoms. The zero-order valence-electron chi connectivity index (χ0n) is 13.9. The fraction of sp³-hybridized carbons (Fsp3) is 0.167. The predicted molar refractivity (Wildman–Crippen MR) is 95.9 cm³/mol. The Morgan fingerprint density at radius 1 is 1.27 bits per heavy atom. The fourth-order valence-corrected chi connectivity index (χ4v) is 2.44. The first-order chi connectivity index (χ1) is 12.5. The van der Waals surface area contributed by atoms with E-state index in [4.69, 9.17) is 21.4 Å². The van der Waals surface area contributed by atoms with Crippen molar-refractivity contribution in [3.8, 4) is 5.75 Å². The van der Waals surface area contributed by atoms with Crippen molar-refractivity contribution in [2.24, 2.45) is 0 Å². The molecule has 8 heteroatoms. The summed E-state index contributed by atoms with van der Waals surface area (Å²) in [5, 5.41) is 6.77. The van der Waals surface area contributed by atoms with Crippen LogP contribution in [0.1, 0.15) is 11.5 Å².